The summed E-state index contributed by atoms with van der Waals surface area (Å²) in [6.45, 7) is 1.41. The minimum absolute atomic E-state index is 0.0745. The Morgan fingerprint density at radius 1 is 1.10 bits per heavy atom. The van der Waals surface area contributed by atoms with Gasteiger partial charge in [-0.2, -0.15) is 0 Å². The largest absolute Gasteiger partial charge is 0.478 e. The highest BCUT2D eigenvalue weighted by Gasteiger charge is 2.20. The first kappa shape index (κ1) is 15.0. The maximum absolute atomic E-state index is 13.5. The summed E-state index contributed by atoms with van der Waals surface area (Å²) in [7, 11) is 0. The average molecular weight is 309 g/mol. The molecule has 4 nitrogen and oxygen atoms in total. The van der Waals surface area contributed by atoms with Crippen LogP contribution in [0.2, 0.25) is 5.02 Å². The molecule has 2 rings (SSSR count). The van der Waals surface area contributed by atoms with Gasteiger partial charge in [0.2, 0.25) is 0 Å². The van der Waals surface area contributed by atoms with E-state index in [4.69, 9.17) is 16.7 Å². The second kappa shape index (κ2) is 5.54. The van der Waals surface area contributed by atoms with Crippen molar-refractivity contribution in [3.8, 4) is 11.1 Å². The molecule has 0 fully saturated rings. The van der Waals surface area contributed by atoms with Crippen LogP contribution in [0.3, 0.4) is 0 Å². The second-order valence-corrected chi connectivity index (χ2v) is 4.81. The van der Waals surface area contributed by atoms with Crippen LogP contribution in [-0.4, -0.2) is 22.2 Å². The van der Waals surface area contributed by atoms with Crippen molar-refractivity contribution in [3.63, 3.8) is 0 Å². The lowest BCUT2D eigenvalue weighted by Crippen LogP contribution is -2.09. The summed E-state index contributed by atoms with van der Waals surface area (Å²) >= 11 is 5.60. The molecule has 0 aliphatic carbocycles. The summed E-state index contributed by atoms with van der Waals surface area (Å²) in [6, 6.07) is 6.56. The zero-order chi connectivity index (χ0) is 15.7. The minimum atomic E-state index is -1.28. The van der Waals surface area contributed by atoms with E-state index in [1.165, 1.54) is 31.2 Å². The number of carboxylic acid groups (broad SMARTS) is 2. The van der Waals surface area contributed by atoms with Gasteiger partial charge in [-0.3, -0.25) is 0 Å². The fourth-order valence-electron chi connectivity index (χ4n) is 2.12. The van der Waals surface area contributed by atoms with Gasteiger partial charge in [-0.05, 0) is 41.8 Å². The molecule has 0 aliphatic rings. The van der Waals surface area contributed by atoms with E-state index in [9.17, 15) is 19.1 Å². The number of aromatic carboxylic acids is 2. The molecule has 0 unspecified atom stereocenters. The van der Waals surface area contributed by atoms with Crippen molar-refractivity contribution in [1.82, 2.24) is 0 Å². The SMILES string of the molecule is Cc1c(C(=O)O)ccc(-c2ccc(Cl)c(F)c2)c1C(=O)O. The molecule has 0 amide bonds. The molecule has 0 bridgehead atoms. The van der Waals surface area contributed by atoms with Crippen LogP contribution in [0.15, 0.2) is 30.3 Å². The Labute approximate surface area is 124 Å². The molecule has 2 aromatic rings. The van der Waals surface area contributed by atoms with E-state index in [1.807, 2.05) is 0 Å². The van der Waals surface area contributed by atoms with Crippen LogP contribution in [-0.2, 0) is 0 Å². The number of carbonyl (C=O) groups is 2. The highest BCUT2D eigenvalue weighted by atomic mass is 35.5. The van der Waals surface area contributed by atoms with Gasteiger partial charge in [0.15, 0.2) is 0 Å². The maximum Gasteiger partial charge on any atom is 0.336 e. The Bertz CT molecular complexity index is 756. The summed E-state index contributed by atoms with van der Waals surface area (Å²) < 4.78 is 13.5. The van der Waals surface area contributed by atoms with E-state index in [0.29, 0.717) is 5.56 Å². The molecule has 0 heterocycles. The van der Waals surface area contributed by atoms with Crippen LogP contribution in [0.1, 0.15) is 26.3 Å². The molecule has 2 aromatic carbocycles. The number of rotatable bonds is 3. The molecule has 0 aromatic heterocycles. The van der Waals surface area contributed by atoms with Crippen LogP contribution in [0.25, 0.3) is 11.1 Å². The lowest BCUT2D eigenvalue weighted by atomic mass is 9.92. The molecule has 0 saturated carbocycles. The van der Waals surface area contributed by atoms with Crippen molar-refractivity contribution in [2.75, 3.05) is 0 Å². The number of hydrogen-bond acceptors (Lipinski definition) is 2. The third kappa shape index (κ3) is 2.73. The summed E-state index contributed by atoms with van der Waals surface area (Å²) in [5.41, 5.74) is 0.389. The van der Waals surface area contributed by atoms with Crippen molar-refractivity contribution in [1.29, 1.82) is 0 Å². The molecular formula is C15H10ClFO4. The Balaban J connectivity index is 2.74. The fourth-order valence-corrected chi connectivity index (χ4v) is 2.24. The monoisotopic (exact) mass is 308 g/mol. The fraction of sp³-hybridized carbons (Fsp3) is 0.0667. The van der Waals surface area contributed by atoms with E-state index >= 15 is 0 Å². The molecule has 0 saturated heterocycles. The van der Waals surface area contributed by atoms with E-state index < -0.39 is 17.8 Å². The minimum Gasteiger partial charge on any atom is -0.478 e. The third-order valence-corrected chi connectivity index (χ3v) is 3.45. The van der Waals surface area contributed by atoms with Gasteiger partial charge in [-0.1, -0.05) is 23.7 Å². The normalized spacial score (nSPS) is 10.4. The van der Waals surface area contributed by atoms with Gasteiger partial charge in [-0.25, -0.2) is 14.0 Å². The van der Waals surface area contributed by atoms with Crippen LogP contribution in [0.4, 0.5) is 4.39 Å². The van der Waals surface area contributed by atoms with E-state index in [0.717, 1.165) is 6.07 Å². The first-order valence-electron chi connectivity index (χ1n) is 5.88. The van der Waals surface area contributed by atoms with Gasteiger partial charge in [-0.15, -0.1) is 0 Å². The first-order chi connectivity index (χ1) is 9.82. The van der Waals surface area contributed by atoms with Gasteiger partial charge in [0.1, 0.15) is 5.82 Å². The van der Waals surface area contributed by atoms with E-state index in [-0.39, 0.29) is 27.3 Å². The molecular weight excluding hydrogens is 299 g/mol. The molecule has 2 N–H and O–H groups in total. The first-order valence-corrected chi connectivity index (χ1v) is 6.26. The number of carboxylic acids is 2. The number of benzene rings is 2. The van der Waals surface area contributed by atoms with E-state index in [2.05, 4.69) is 0 Å². The lowest BCUT2D eigenvalue weighted by Gasteiger charge is -2.12. The summed E-state index contributed by atoms with van der Waals surface area (Å²) in [6.07, 6.45) is 0. The van der Waals surface area contributed by atoms with Crippen molar-refractivity contribution in [2.45, 2.75) is 6.92 Å². The third-order valence-electron chi connectivity index (χ3n) is 3.14. The number of halogens is 2. The Morgan fingerprint density at radius 3 is 2.29 bits per heavy atom. The zero-order valence-electron chi connectivity index (χ0n) is 10.9. The van der Waals surface area contributed by atoms with Gasteiger partial charge in [0.25, 0.3) is 0 Å². The highest BCUT2D eigenvalue weighted by molar-refractivity contribution is 6.30. The zero-order valence-corrected chi connectivity index (χ0v) is 11.6. The van der Waals surface area contributed by atoms with Gasteiger partial charge in [0, 0.05) is 0 Å². The van der Waals surface area contributed by atoms with Crippen molar-refractivity contribution in [2.24, 2.45) is 0 Å². The Morgan fingerprint density at radius 2 is 1.76 bits per heavy atom. The molecule has 0 aliphatic heterocycles. The molecule has 0 atom stereocenters. The second-order valence-electron chi connectivity index (χ2n) is 4.40. The van der Waals surface area contributed by atoms with Crippen LogP contribution < -0.4 is 0 Å². The van der Waals surface area contributed by atoms with Gasteiger partial charge < -0.3 is 10.2 Å². The summed E-state index contributed by atoms with van der Waals surface area (Å²) in [5, 5.41) is 18.3. The number of hydrogen-bond donors (Lipinski definition) is 2. The molecule has 6 heteroatoms. The Hall–Kier alpha value is -2.40. The van der Waals surface area contributed by atoms with Crippen LogP contribution in [0, 0.1) is 12.7 Å². The summed E-state index contributed by atoms with van der Waals surface area (Å²) in [4.78, 5) is 22.5. The van der Waals surface area contributed by atoms with Crippen LogP contribution >= 0.6 is 11.6 Å². The summed E-state index contributed by atoms with van der Waals surface area (Å²) in [5.74, 6) is -3.17. The molecule has 0 radical (unpaired) electrons. The Kier molecular flexibility index (Phi) is 3.95. The van der Waals surface area contributed by atoms with Crippen molar-refractivity contribution >= 4 is 23.5 Å². The van der Waals surface area contributed by atoms with Crippen molar-refractivity contribution in [3.05, 3.63) is 57.9 Å². The lowest BCUT2D eigenvalue weighted by molar-refractivity contribution is 0.0696. The molecule has 108 valence electrons. The molecule has 0 spiro atoms. The predicted molar refractivity (Wildman–Crippen MR) is 75.5 cm³/mol. The highest BCUT2D eigenvalue weighted by Crippen LogP contribution is 2.30. The van der Waals surface area contributed by atoms with E-state index in [1.54, 1.807) is 0 Å². The topological polar surface area (TPSA) is 74.6 Å². The molecule has 21 heavy (non-hydrogen) atoms. The maximum atomic E-state index is 13.5. The van der Waals surface area contributed by atoms with Gasteiger partial charge >= 0.3 is 11.9 Å². The predicted octanol–water partition coefficient (Wildman–Crippen LogP) is 3.85. The standard InChI is InChI=1S/C15H10ClFO4/c1-7-9(14(18)19)3-4-10(13(7)15(20)21)8-2-5-11(16)12(17)6-8/h2-6H,1H3,(H,18,19)(H,20,21). The quantitative estimate of drug-likeness (QED) is 0.903. The van der Waals surface area contributed by atoms with Gasteiger partial charge in [0.05, 0.1) is 16.1 Å². The van der Waals surface area contributed by atoms with Crippen molar-refractivity contribution < 1.29 is 24.2 Å². The average Bonchev–Trinajstić information content (AvgIpc) is 2.40. The smallest absolute Gasteiger partial charge is 0.336 e. The van der Waals surface area contributed by atoms with Crippen LogP contribution in [0.5, 0.6) is 0 Å².